The van der Waals surface area contributed by atoms with Gasteiger partial charge in [-0.2, -0.15) is 8.42 Å². The maximum atomic E-state index is 13.7. The number of aldehydes is 1. The molecule has 0 spiro atoms. The number of anilines is 3. The van der Waals surface area contributed by atoms with Crippen LogP contribution in [0.25, 0.3) is 0 Å². The predicted octanol–water partition coefficient (Wildman–Crippen LogP) is 4.77. The van der Waals surface area contributed by atoms with E-state index in [1.54, 1.807) is 24.3 Å². The van der Waals surface area contributed by atoms with Crippen LogP contribution in [-0.2, 0) is 14.8 Å². The highest BCUT2D eigenvalue weighted by Gasteiger charge is 2.42. The van der Waals surface area contributed by atoms with Gasteiger partial charge in [0, 0.05) is 37.1 Å². The summed E-state index contributed by atoms with van der Waals surface area (Å²) in [5.74, 6) is 2.07. The fourth-order valence-corrected chi connectivity index (χ4v) is 8.63. The molecule has 2 saturated heterocycles. The number of pyridine rings is 2. The summed E-state index contributed by atoms with van der Waals surface area (Å²) in [4.78, 5) is 39.8. The smallest absolute Gasteiger partial charge is 0.281 e. The largest absolute Gasteiger partial charge is 0.370 e. The highest BCUT2D eigenvalue weighted by atomic mass is 32.2. The van der Waals surface area contributed by atoms with E-state index >= 15 is 0 Å². The topological polar surface area (TPSA) is 125 Å². The molecule has 2 aromatic rings. The molecule has 1 unspecified atom stereocenters. The zero-order valence-corrected chi connectivity index (χ0v) is 26.2. The molecule has 10 nitrogen and oxygen atoms in total. The number of hydrogen-bond donors (Lipinski definition) is 2. The fraction of sp³-hybridized carbons (Fsp3) is 0.625. The number of amides is 1. The van der Waals surface area contributed by atoms with E-state index in [2.05, 4.69) is 38.7 Å². The van der Waals surface area contributed by atoms with Gasteiger partial charge in [-0.1, -0.05) is 31.7 Å². The van der Waals surface area contributed by atoms with Gasteiger partial charge in [0.25, 0.3) is 15.9 Å². The van der Waals surface area contributed by atoms with E-state index in [-0.39, 0.29) is 21.5 Å². The molecule has 11 heteroatoms. The second kappa shape index (κ2) is 11.7. The third kappa shape index (κ3) is 6.23. The number of carbonyl (C=O) groups excluding carboxylic acids is 2. The Balaban J connectivity index is 1.32. The molecule has 2 N–H and O–H groups in total. The Morgan fingerprint density at radius 2 is 1.88 bits per heavy atom. The third-order valence-corrected chi connectivity index (χ3v) is 11.4. The molecule has 5 heterocycles. The number of rotatable bonds is 5. The molecular weight excluding hydrogens is 564 g/mol. The van der Waals surface area contributed by atoms with Crippen molar-refractivity contribution in [1.82, 2.24) is 14.7 Å². The van der Waals surface area contributed by atoms with Crippen molar-refractivity contribution in [3.8, 4) is 0 Å². The number of nitrogens with one attached hydrogen (secondary N) is 2. The maximum absolute atomic E-state index is 13.7. The minimum absolute atomic E-state index is 0.214. The SMILES string of the molecule is CC1(C)C[C@@H]2CCCNc3cccc(n3)S(=O)(=O)NC(=O)c3ccc(N4CCC(C=O)(CCC5CCCC5)C4)nc3N1C2. The molecule has 4 bridgehead atoms. The summed E-state index contributed by atoms with van der Waals surface area (Å²) in [6.45, 7) is 7.04. The van der Waals surface area contributed by atoms with Crippen LogP contribution < -0.4 is 19.8 Å². The molecule has 43 heavy (non-hydrogen) atoms. The summed E-state index contributed by atoms with van der Waals surface area (Å²) >= 11 is 0. The summed E-state index contributed by atoms with van der Waals surface area (Å²) in [5.41, 5.74) is -0.444. The van der Waals surface area contributed by atoms with E-state index < -0.39 is 15.9 Å². The summed E-state index contributed by atoms with van der Waals surface area (Å²) in [5, 5.41) is 3.02. The van der Waals surface area contributed by atoms with Gasteiger partial charge in [0.15, 0.2) is 5.03 Å². The minimum atomic E-state index is -4.22. The molecule has 2 aromatic heterocycles. The molecule has 3 fully saturated rings. The summed E-state index contributed by atoms with van der Waals surface area (Å²) in [6, 6.07) is 8.21. The molecule has 2 atom stereocenters. The van der Waals surface area contributed by atoms with E-state index in [9.17, 15) is 18.0 Å². The van der Waals surface area contributed by atoms with Crippen LogP contribution in [0.1, 0.15) is 88.4 Å². The average Bonchev–Trinajstić information content (AvgIpc) is 3.73. The van der Waals surface area contributed by atoms with E-state index in [0.717, 1.165) is 69.6 Å². The Morgan fingerprint density at radius 1 is 1.07 bits per heavy atom. The highest BCUT2D eigenvalue weighted by Crippen LogP contribution is 2.42. The molecule has 1 saturated carbocycles. The summed E-state index contributed by atoms with van der Waals surface area (Å²) < 4.78 is 28.7. The first kappa shape index (κ1) is 29.8. The van der Waals surface area contributed by atoms with Crippen LogP contribution in [0.5, 0.6) is 0 Å². The normalized spacial score (nSPS) is 27.1. The van der Waals surface area contributed by atoms with E-state index in [1.807, 2.05) is 0 Å². The van der Waals surface area contributed by atoms with E-state index in [4.69, 9.17) is 4.98 Å². The molecule has 4 aliphatic rings. The van der Waals surface area contributed by atoms with E-state index in [1.165, 1.54) is 31.7 Å². The number of nitrogens with zero attached hydrogens (tertiary/aromatic N) is 4. The van der Waals surface area contributed by atoms with Gasteiger partial charge in [-0.25, -0.2) is 14.7 Å². The average molecular weight is 609 g/mol. The predicted molar refractivity (Wildman–Crippen MR) is 167 cm³/mol. The van der Waals surface area contributed by atoms with Crippen molar-refractivity contribution in [3.05, 3.63) is 35.9 Å². The summed E-state index contributed by atoms with van der Waals surface area (Å²) in [6.07, 6.45) is 11.9. The molecule has 1 aliphatic carbocycles. The first-order chi connectivity index (χ1) is 20.6. The van der Waals surface area contributed by atoms with Gasteiger partial charge in [-0.3, -0.25) is 4.79 Å². The van der Waals surface area contributed by atoms with Crippen LogP contribution >= 0.6 is 0 Å². The number of hydrogen-bond acceptors (Lipinski definition) is 9. The highest BCUT2D eigenvalue weighted by molar-refractivity contribution is 7.90. The first-order valence-corrected chi connectivity index (χ1v) is 17.3. The van der Waals surface area contributed by atoms with Crippen LogP contribution in [0.4, 0.5) is 17.5 Å². The molecular formula is C32H44N6O4S. The monoisotopic (exact) mass is 608 g/mol. The van der Waals surface area contributed by atoms with Crippen LogP contribution in [0.15, 0.2) is 35.4 Å². The maximum Gasteiger partial charge on any atom is 0.281 e. The third-order valence-electron chi connectivity index (χ3n) is 10.1. The molecule has 0 radical (unpaired) electrons. The quantitative estimate of drug-likeness (QED) is 0.462. The Kier molecular flexibility index (Phi) is 8.12. The summed E-state index contributed by atoms with van der Waals surface area (Å²) in [7, 11) is -4.22. The lowest BCUT2D eigenvalue weighted by Gasteiger charge is -2.34. The number of aromatic nitrogens is 2. The van der Waals surface area contributed by atoms with Crippen molar-refractivity contribution < 1.29 is 18.0 Å². The molecule has 6 rings (SSSR count). The van der Waals surface area contributed by atoms with Gasteiger partial charge in [0.05, 0.1) is 5.56 Å². The van der Waals surface area contributed by atoms with Crippen molar-refractivity contribution in [2.45, 2.75) is 88.6 Å². The van der Waals surface area contributed by atoms with Gasteiger partial charge < -0.3 is 19.9 Å². The number of sulfonamides is 1. The van der Waals surface area contributed by atoms with Crippen molar-refractivity contribution in [2.24, 2.45) is 17.3 Å². The first-order valence-electron chi connectivity index (χ1n) is 15.9. The molecule has 0 aromatic carbocycles. The zero-order chi connectivity index (χ0) is 30.2. The van der Waals surface area contributed by atoms with Crippen molar-refractivity contribution >= 4 is 39.7 Å². The second-order valence-corrected chi connectivity index (χ2v) is 15.4. The Morgan fingerprint density at radius 3 is 2.67 bits per heavy atom. The van der Waals surface area contributed by atoms with Crippen LogP contribution in [-0.4, -0.2) is 62.3 Å². The fourth-order valence-electron chi connectivity index (χ4n) is 7.69. The molecule has 3 aliphatic heterocycles. The minimum Gasteiger partial charge on any atom is -0.370 e. The van der Waals surface area contributed by atoms with Gasteiger partial charge in [0.2, 0.25) is 0 Å². The van der Waals surface area contributed by atoms with E-state index in [0.29, 0.717) is 30.6 Å². The van der Waals surface area contributed by atoms with Gasteiger partial charge in [0.1, 0.15) is 23.7 Å². The standard InChI is InChI=1S/C32H44N6O4S/c1-31(2)19-24-9-6-17-33-26-10-5-11-28(34-26)43(41,42)36-30(40)25-12-13-27(35-29(25)38(31)20-24)37-18-16-32(21-37,22-39)15-14-23-7-3-4-8-23/h5,10-13,22-24H,3-4,6-9,14-21H2,1-2H3,(H,33,34)(H,36,40)/t24-,32?/m0/s1. The molecule has 232 valence electrons. The number of carbonyl (C=O) groups is 2. The van der Waals surface area contributed by atoms with Crippen molar-refractivity contribution in [3.63, 3.8) is 0 Å². The van der Waals surface area contributed by atoms with Crippen molar-refractivity contribution in [1.29, 1.82) is 0 Å². The van der Waals surface area contributed by atoms with Gasteiger partial charge >= 0.3 is 0 Å². The Hall–Kier alpha value is -3.21. The van der Waals surface area contributed by atoms with Crippen LogP contribution in [0, 0.1) is 17.3 Å². The lowest BCUT2D eigenvalue weighted by atomic mass is 9.81. The lowest BCUT2D eigenvalue weighted by Crippen LogP contribution is -2.41. The van der Waals surface area contributed by atoms with Crippen molar-refractivity contribution in [2.75, 3.05) is 41.3 Å². The van der Waals surface area contributed by atoms with Crippen LogP contribution in [0.2, 0.25) is 0 Å². The zero-order valence-electron chi connectivity index (χ0n) is 25.3. The number of fused-ring (bicyclic) bond motifs is 6. The second-order valence-electron chi connectivity index (χ2n) is 13.7. The lowest BCUT2D eigenvalue weighted by molar-refractivity contribution is -0.115. The molecule has 1 amide bonds. The Bertz CT molecular complexity index is 1470. The Labute approximate surface area is 255 Å². The van der Waals surface area contributed by atoms with Crippen LogP contribution in [0.3, 0.4) is 0 Å². The van der Waals surface area contributed by atoms with Gasteiger partial charge in [-0.05, 0) is 88.5 Å². The van der Waals surface area contributed by atoms with Gasteiger partial charge in [-0.15, -0.1) is 0 Å².